The van der Waals surface area contributed by atoms with Crippen LogP contribution in [0.25, 0.3) is 0 Å². The van der Waals surface area contributed by atoms with Crippen LogP contribution in [0.2, 0.25) is 0 Å². The maximum Gasteiger partial charge on any atom is 0.416 e. The molecule has 0 atom stereocenters. The molecule has 0 aliphatic carbocycles. The number of hydrogen-bond donors (Lipinski definition) is 1. The fourth-order valence-electron chi connectivity index (χ4n) is 1.96. The van der Waals surface area contributed by atoms with Gasteiger partial charge in [0, 0.05) is 6.07 Å². The van der Waals surface area contributed by atoms with E-state index in [9.17, 15) is 23.3 Å². The first-order valence-electron chi connectivity index (χ1n) is 7.23. The Morgan fingerprint density at radius 1 is 1.33 bits per heavy atom. The molecule has 27 heavy (non-hydrogen) atoms. The van der Waals surface area contributed by atoms with Crippen LogP contribution in [0.4, 0.5) is 24.5 Å². The highest BCUT2D eigenvalue weighted by Crippen LogP contribution is 2.35. The van der Waals surface area contributed by atoms with Crippen molar-refractivity contribution in [2.45, 2.75) is 6.18 Å². The van der Waals surface area contributed by atoms with Gasteiger partial charge in [0.25, 0.3) is 5.69 Å². The second-order valence-electron chi connectivity index (χ2n) is 5.04. The van der Waals surface area contributed by atoms with Crippen molar-refractivity contribution in [3.63, 3.8) is 0 Å². The summed E-state index contributed by atoms with van der Waals surface area (Å²) in [5.41, 5.74) is 1.04. The number of ether oxygens (including phenoxy) is 1. The van der Waals surface area contributed by atoms with Crippen molar-refractivity contribution in [2.75, 3.05) is 12.0 Å². The van der Waals surface area contributed by atoms with Crippen LogP contribution >= 0.6 is 22.6 Å². The summed E-state index contributed by atoms with van der Waals surface area (Å²) in [6, 6.07) is 7.25. The van der Waals surface area contributed by atoms with E-state index in [1.54, 1.807) is 18.2 Å². The van der Waals surface area contributed by atoms with Crippen LogP contribution in [0, 0.1) is 26.0 Å². The molecular weight excluding hydrogens is 478 g/mol. The number of hydrazone groups is 1. The Hall–Kier alpha value is -2.81. The fraction of sp³-hybridized carbons (Fsp3) is 0.118. The highest BCUT2D eigenvalue weighted by Gasteiger charge is 2.33. The largest absolute Gasteiger partial charge is 0.480 e. The topological polar surface area (TPSA) is 76.8 Å². The van der Waals surface area contributed by atoms with Gasteiger partial charge in [-0.1, -0.05) is 5.92 Å². The van der Waals surface area contributed by atoms with Crippen molar-refractivity contribution in [3.05, 3.63) is 61.2 Å². The van der Waals surface area contributed by atoms with Crippen molar-refractivity contribution in [2.24, 2.45) is 5.10 Å². The van der Waals surface area contributed by atoms with Crippen LogP contribution in [-0.4, -0.2) is 17.7 Å². The Labute approximate surface area is 165 Å². The Kier molecular flexibility index (Phi) is 6.62. The summed E-state index contributed by atoms with van der Waals surface area (Å²) >= 11 is 2.04. The number of hydrogen-bond acceptors (Lipinski definition) is 5. The number of halogens is 4. The van der Waals surface area contributed by atoms with Gasteiger partial charge in [-0.2, -0.15) is 18.3 Å². The van der Waals surface area contributed by atoms with Gasteiger partial charge in [0.1, 0.15) is 18.0 Å². The lowest BCUT2D eigenvalue weighted by atomic mass is 10.1. The van der Waals surface area contributed by atoms with E-state index < -0.39 is 22.4 Å². The smallest absolute Gasteiger partial charge is 0.416 e. The number of rotatable bonds is 6. The summed E-state index contributed by atoms with van der Waals surface area (Å²) in [6.07, 6.45) is 1.82. The number of alkyl halides is 3. The first-order valence-corrected chi connectivity index (χ1v) is 8.31. The summed E-state index contributed by atoms with van der Waals surface area (Å²) in [7, 11) is 0. The molecule has 0 bridgehead atoms. The lowest BCUT2D eigenvalue weighted by Gasteiger charge is -2.08. The first-order chi connectivity index (χ1) is 12.7. The van der Waals surface area contributed by atoms with Crippen LogP contribution in [0.3, 0.4) is 0 Å². The number of terminal acetylenes is 1. The third-order valence-corrected chi connectivity index (χ3v) is 4.03. The summed E-state index contributed by atoms with van der Waals surface area (Å²) in [5.74, 6) is 2.95. The maximum absolute atomic E-state index is 12.7. The molecule has 0 aromatic heterocycles. The van der Waals surface area contributed by atoms with E-state index in [2.05, 4.69) is 16.4 Å². The zero-order chi connectivity index (χ0) is 20.0. The summed E-state index contributed by atoms with van der Waals surface area (Å²) in [5, 5.41) is 14.9. The standard InChI is InChI=1S/C17H11F3IN3O3/c1-2-7-27-16-6-3-11(8-13(16)21)10-22-23-14-5-4-12(17(18,19)20)9-15(14)24(25)26/h1,3-6,8-10,23H,7H2/b22-10-. The molecule has 0 saturated heterocycles. The normalized spacial score (nSPS) is 11.2. The third-order valence-electron chi connectivity index (χ3n) is 3.19. The van der Waals surface area contributed by atoms with Crippen molar-refractivity contribution < 1.29 is 22.8 Å². The SMILES string of the molecule is C#CCOc1ccc(/C=N\Nc2ccc(C(F)(F)F)cc2[N+](=O)[O-])cc1I. The zero-order valence-corrected chi connectivity index (χ0v) is 15.6. The van der Waals surface area contributed by atoms with Gasteiger partial charge in [-0.05, 0) is 58.5 Å². The van der Waals surface area contributed by atoms with Gasteiger partial charge in [0.05, 0.1) is 20.3 Å². The summed E-state index contributed by atoms with van der Waals surface area (Å²) in [4.78, 5) is 10.1. The zero-order valence-electron chi connectivity index (χ0n) is 13.5. The molecule has 10 heteroatoms. The molecule has 0 unspecified atom stereocenters. The van der Waals surface area contributed by atoms with Crippen molar-refractivity contribution >= 4 is 40.2 Å². The summed E-state index contributed by atoms with van der Waals surface area (Å²) < 4.78 is 44.2. The van der Waals surface area contributed by atoms with E-state index in [4.69, 9.17) is 11.2 Å². The molecule has 6 nitrogen and oxygen atoms in total. The minimum absolute atomic E-state index is 0.128. The lowest BCUT2D eigenvalue weighted by molar-refractivity contribution is -0.384. The third kappa shape index (κ3) is 5.58. The van der Waals surface area contributed by atoms with Crippen molar-refractivity contribution in [1.82, 2.24) is 0 Å². The van der Waals surface area contributed by atoms with Crippen LogP contribution in [0.5, 0.6) is 5.75 Å². The Morgan fingerprint density at radius 2 is 2.07 bits per heavy atom. The van der Waals surface area contributed by atoms with Gasteiger partial charge in [-0.25, -0.2) is 0 Å². The Morgan fingerprint density at radius 3 is 2.67 bits per heavy atom. The number of anilines is 1. The van der Waals surface area contributed by atoms with Gasteiger partial charge < -0.3 is 4.74 Å². The van der Waals surface area contributed by atoms with Gasteiger partial charge in [-0.15, -0.1) is 6.42 Å². The molecule has 0 heterocycles. The molecule has 2 aromatic carbocycles. The number of nitro benzene ring substituents is 1. The Balaban J connectivity index is 2.17. The van der Waals surface area contributed by atoms with Crippen LogP contribution in [-0.2, 0) is 6.18 Å². The van der Waals surface area contributed by atoms with Crippen LogP contribution in [0.15, 0.2) is 41.5 Å². The number of benzene rings is 2. The monoisotopic (exact) mass is 489 g/mol. The number of nitro groups is 1. The second-order valence-corrected chi connectivity index (χ2v) is 6.20. The van der Waals surface area contributed by atoms with Crippen LogP contribution in [0.1, 0.15) is 11.1 Å². The van der Waals surface area contributed by atoms with E-state index in [0.29, 0.717) is 17.4 Å². The van der Waals surface area contributed by atoms with E-state index in [-0.39, 0.29) is 12.3 Å². The highest BCUT2D eigenvalue weighted by molar-refractivity contribution is 14.1. The molecule has 0 amide bonds. The quantitative estimate of drug-likeness (QED) is 0.210. The predicted octanol–water partition coefficient (Wildman–Crippen LogP) is 4.68. The maximum atomic E-state index is 12.7. The fourth-order valence-corrected chi connectivity index (χ4v) is 2.66. The molecule has 0 radical (unpaired) electrons. The number of nitrogens with one attached hydrogen (secondary N) is 1. The molecule has 1 N–H and O–H groups in total. The van der Waals surface area contributed by atoms with Crippen molar-refractivity contribution in [1.29, 1.82) is 0 Å². The molecule has 140 valence electrons. The van der Waals surface area contributed by atoms with Crippen molar-refractivity contribution in [3.8, 4) is 18.1 Å². The molecule has 0 aliphatic heterocycles. The Bertz CT molecular complexity index is 924. The minimum atomic E-state index is -4.67. The number of nitrogens with zero attached hydrogens (tertiary/aromatic N) is 2. The average Bonchev–Trinajstić information content (AvgIpc) is 2.60. The van der Waals surface area contributed by atoms with Gasteiger partial charge in [0.15, 0.2) is 0 Å². The molecule has 0 fully saturated rings. The van der Waals surface area contributed by atoms with Crippen LogP contribution < -0.4 is 10.2 Å². The predicted molar refractivity (Wildman–Crippen MR) is 103 cm³/mol. The van der Waals surface area contributed by atoms with E-state index in [1.807, 2.05) is 22.6 Å². The molecule has 0 spiro atoms. The molecule has 0 aliphatic rings. The minimum Gasteiger partial charge on any atom is -0.480 e. The molecule has 0 saturated carbocycles. The van der Waals surface area contributed by atoms with E-state index >= 15 is 0 Å². The van der Waals surface area contributed by atoms with E-state index in [1.165, 1.54) is 6.21 Å². The van der Waals surface area contributed by atoms with Gasteiger partial charge in [-0.3, -0.25) is 15.5 Å². The highest BCUT2D eigenvalue weighted by atomic mass is 127. The molecule has 2 aromatic rings. The van der Waals surface area contributed by atoms with Gasteiger partial charge >= 0.3 is 6.18 Å². The second kappa shape index (κ2) is 8.72. The average molecular weight is 489 g/mol. The lowest BCUT2D eigenvalue weighted by Crippen LogP contribution is -2.06. The molecular formula is C17H11F3IN3O3. The van der Waals surface area contributed by atoms with E-state index in [0.717, 1.165) is 15.7 Å². The van der Waals surface area contributed by atoms with Gasteiger partial charge in [0.2, 0.25) is 0 Å². The first kappa shape index (κ1) is 20.5. The summed E-state index contributed by atoms with van der Waals surface area (Å²) in [6.45, 7) is 0.128. The molecule has 2 rings (SSSR count).